The molecule has 5 fully saturated rings. The maximum Gasteiger partial charge on any atom is 0.253 e. The molecule has 7 rings (SSSR count). The van der Waals surface area contributed by atoms with E-state index in [0.717, 1.165) is 80.7 Å². The summed E-state index contributed by atoms with van der Waals surface area (Å²) in [4.78, 5) is 29.4. The molecule has 4 bridgehead atoms. The molecule has 5 heteroatoms. The van der Waals surface area contributed by atoms with Crippen molar-refractivity contribution in [2.24, 2.45) is 29.1 Å². The Morgan fingerprint density at radius 1 is 0.921 bits per heavy atom. The van der Waals surface area contributed by atoms with Gasteiger partial charge in [0.25, 0.3) is 5.91 Å². The molecule has 2 aromatic rings. The second kappa shape index (κ2) is 10.4. The van der Waals surface area contributed by atoms with E-state index < -0.39 is 0 Å². The van der Waals surface area contributed by atoms with Gasteiger partial charge in [0.15, 0.2) is 0 Å². The van der Waals surface area contributed by atoms with Crippen LogP contribution in [0, 0.1) is 29.1 Å². The number of carbonyl (C=O) groups excluding carboxylic acids is 2. The zero-order chi connectivity index (χ0) is 26.3. The molecule has 4 saturated carbocycles. The Balaban J connectivity index is 1.17. The van der Waals surface area contributed by atoms with Crippen molar-refractivity contribution in [1.82, 2.24) is 5.32 Å². The van der Waals surface area contributed by atoms with E-state index >= 15 is 0 Å². The van der Waals surface area contributed by atoms with Gasteiger partial charge in [0.05, 0.1) is 11.0 Å². The third-order valence-electron chi connectivity index (χ3n) is 9.76. The quantitative estimate of drug-likeness (QED) is 0.448. The van der Waals surface area contributed by atoms with Gasteiger partial charge in [-0.2, -0.15) is 0 Å². The van der Waals surface area contributed by atoms with E-state index in [4.69, 9.17) is 0 Å². The van der Waals surface area contributed by atoms with Gasteiger partial charge in [-0.15, -0.1) is 0 Å². The molecule has 1 heterocycles. The lowest BCUT2D eigenvalue weighted by Crippen LogP contribution is -2.51. The van der Waals surface area contributed by atoms with Gasteiger partial charge < -0.3 is 15.5 Å². The van der Waals surface area contributed by atoms with Crippen LogP contribution in [0.1, 0.15) is 81.1 Å². The molecular weight excluding hydrogens is 470 g/mol. The third-order valence-corrected chi connectivity index (χ3v) is 9.76. The Labute approximate surface area is 227 Å². The van der Waals surface area contributed by atoms with Crippen molar-refractivity contribution < 1.29 is 9.59 Å². The van der Waals surface area contributed by atoms with Crippen molar-refractivity contribution in [2.45, 2.75) is 77.7 Å². The number of carbonyl (C=O) groups is 2. The minimum Gasteiger partial charge on any atom is -0.371 e. The second-order valence-electron chi connectivity index (χ2n) is 13.1. The molecule has 5 nitrogen and oxygen atoms in total. The summed E-state index contributed by atoms with van der Waals surface area (Å²) in [6, 6.07) is 16.8. The largest absolute Gasteiger partial charge is 0.371 e. The van der Waals surface area contributed by atoms with Crippen LogP contribution in [0.15, 0.2) is 48.5 Å². The number of benzene rings is 2. The van der Waals surface area contributed by atoms with Gasteiger partial charge in [-0.05, 0) is 119 Å². The summed E-state index contributed by atoms with van der Waals surface area (Å²) < 4.78 is 0. The first-order valence-electron chi connectivity index (χ1n) is 14.9. The second-order valence-corrected chi connectivity index (χ2v) is 13.1. The lowest BCUT2D eigenvalue weighted by molar-refractivity contribution is -0.140. The standard InChI is InChI=1S/C33H43N3O2/c1-22(2)34-31(37)29-18-28(35-32(38)33-19-25-15-26(20-33)17-27(16-25)21-33)8-9-30(29)36-12-10-24(11-13-36)14-23-6-4-3-5-7-23/h3-9,18,22,24-27H,10-17,19-21H2,1-2H3,(H,34,37)(H,35,38). The number of anilines is 2. The smallest absolute Gasteiger partial charge is 0.253 e. The summed E-state index contributed by atoms with van der Waals surface area (Å²) in [6.07, 6.45) is 10.4. The first-order valence-corrected chi connectivity index (χ1v) is 14.9. The van der Waals surface area contributed by atoms with Crippen LogP contribution in [0.25, 0.3) is 0 Å². The van der Waals surface area contributed by atoms with E-state index in [-0.39, 0.29) is 23.3 Å². The molecule has 1 saturated heterocycles. The normalized spacial score (nSPS) is 28.5. The van der Waals surface area contributed by atoms with E-state index in [2.05, 4.69) is 51.9 Å². The maximum atomic E-state index is 13.7. The monoisotopic (exact) mass is 513 g/mol. The topological polar surface area (TPSA) is 61.4 Å². The fourth-order valence-electron chi connectivity index (χ4n) is 8.39. The summed E-state index contributed by atoms with van der Waals surface area (Å²) in [5.41, 5.74) is 3.61. The van der Waals surface area contributed by atoms with E-state index in [1.54, 1.807) is 0 Å². The van der Waals surface area contributed by atoms with E-state index in [1.165, 1.54) is 24.8 Å². The molecule has 5 aliphatic rings. The molecular formula is C33H43N3O2. The number of nitrogens with one attached hydrogen (secondary N) is 2. The SMILES string of the molecule is CC(C)NC(=O)c1cc(NC(=O)C23CC4CC(CC(C4)C2)C3)ccc1N1CCC(Cc2ccccc2)CC1. The maximum absolute atomic E-state index is 13.7. The molecule has 2 N–H and O–H groups in total. The van der Waals surface area contributed by atoms with E-state index in [9.17, 15) is 9.59 Å². The lowest BCUT2D eigenvalue weighted by atomic mass is 9.49. The van der Waals surface area contributed by atoms with Crippen molar-refractivity contribution in [2.75, 3.05) is 23.3 Å². The predicted molar refractivity (Wildman–Crippen MR) is 153 cm³/mol. The summed E-state index contributed by atoms with van der Waals surface area (Å²) in [6.45, 7) is 5.87. The van der Waals surface area contributed by atoms with Crippen LogP contribution in [0.2, 0.25) is 0 Å². The lowest BCUT2D eigenvalue weighted by Gasteiger charge is -2.55. The first-order chi connectivity index (χ1) is 18.4. The molecule has 202 valence electrons. The molecule has 0 unspecified atom stereocenters. The summed E-state index contributed by atoms with van der Waals surface area (Å²) in [5.74, 6) is 2.97. The van der Waals surface area contributed by atoms with Gasteiger partial charge >= 0.3 is 0 Å². The first kappa shape index (κ1) is 25.5. The fraction of sp³-hybridized carbons (Fsp3) is 0.576. The highest BCUT2D eigenvalue weighted by Gasteiger charge is 2.54. The summed E-state index contributed by atoms with van der Waals surface area (Å²) >= 11 is 0. The molecule has 1 aliphatic heterocycles. The number of hydrogen-bond donors (Lipinski definition) is 2. The van der Waals surface area contributed by atoms with Crippen LogP contribution >= 0.6 is 0 Å². The number of rotatable bonds is 7. The third kappa shape index (κ3) is 5.21. The van der Waals surface area contributed by atoms with Crippen molar-refractivity contribution >= 4 is 23.2 Å². The van der Waals surface area contributed by atoms with Crippen molar-refractivity contribution in [3.63, 3.8) is 0 Å². The van der Waals surface area contributed by atoms with Gasteiger partial charge in [0.2, 0.25) is 5.91 Å². The molecule has 0 spiro atoms. The number of nitrogens with zero attached hydrogens (tertiary/aromatic N) is 1. The Morgan fingerprint density at radius 2 is 1.55 bits per heavy atom. The highest BCUT2D eigenvalue weighted by Crippen LogP contribution is 2.60. The fourth-order valence-corrected chi connectivity index (χ4v) is 8.39. The zero-order valence-corrected chi connectivity index (χ0v) is 23.0. The zero-order valence-electron chi connectivity index (χ0n) is 23.0. The number of piperidine rings is 1. The van der Waals surface area contributed by atoms with Gasteiger partial charge in [-0.25, -0.2) is 0 Å². The Morgan fingerprint density at radius 3 is 2.16 bits per heavy atom. The van der Waals surface area contributed by atoms with Crippen molar-refractivity contribution in [1.29, 1.82) is 0 Å². The molecule has 2 amide bonds. The summed E-state index contributed by atoms with van der Waals surface area (Å²) in [7, 11) is 0. The van der Waals surface area contributed by atoms with Crippen LogP contribution in [0.4, 0.5) is 11.4 Å². The predicted octanol–water partition coefficient (Wildman–Crippen LogP) is 6.44. The van der Waals surface area contributed by atoms with Gasteiger partial charge in [-0.1, -0.05) is 30.3 Å². The Hall–Kier alpha value is -2.82. The average Bonchev–Trinajstić information content (AvgIpc) is 2.89. The van der Waals surface area contributed by atoms with E-state index in [1.807, 2.05) is 26.0 Å². The molecule has 38 heavy (non-hydrogen) atoms. The average molecular weight is 514 g/mol. The molecule has 2 aromatic carbocycles. The van der Waals surface area contributed by atoms with Gasteiger partial charge in [0.1, 0.15) is 0 Å². The summed E-state index contributed by atoms with van der Waals surface area (Å²) in [5, 5.41) is 6.37. The van der Waals surface area contributed by atoms with Crippen LogP contribution < -0.4 is 15.5 Å². The van der Waals surface area contributed by atoms with Gasteiger partial charge in [0, 0.05) is 30.5 Å². The van der Waals surface area contributed by atoms with Crippen molar-refractivity contribution in [3.05, 3.63) is 59.7 Å². The van der Waals surface area contributed by atoms with E-state index in [0.29, 0.717) is 11.5 Å². The highest BCUT2D eigenvalue weighted by molar-refractivity contribution is 6.03. The van der Waals surface area contributed by atoms with Gasteiger partial charge in [-0.3, -0.25) is 9.59 Å². The molecule has 0 radical (unpaired) electrons. The van der Waals surface area contributed by atoms with Crippen LogP contribution in [0.5, 0.6) is 0 Å². The number of amides is 2. The minimum absolute atomic E-state index is 0.0530. The Kier molecular flexibility index (Phi) is 6.96. The van der Waals surface area contributed by atoms with Crippen molar-refractivity contribution in [3.8, 4) is 0 Å². The number of hydrogen-bond acceptors (Lipinski definition) is 3. The molecule has 4 aliphatic carbocycles. The van der Waals surface area contributed by atoms with Crippen LogP contribution in [-0.4, -0.2) is 30.9 Å². The molecule has 0 aromatic heterocycles. The highest BCUT2D eigenvalue weighted by atomic mass is 16.2. The molecule has 0 atom stereocenters. The Bertz CT molecular complexity index is 1130. The minimum atomic E-state index is -0.200. The van der Waals surface area contributed by atoms with Crippen LogP contribution in [-0.2, 0) is 11.2 Å². The van der Waals surface area contributed by atoms with Crippen LogP contribution in [0.3, 0.4) is 0 Å².